The first kappa shape index (κ1) is 13.7. The first-order valence-corrected chi connectivity index (χ1v) is 7.18. The summed E-state index contributed by atoms with van der Waals surface area (Å²) in [6, 6.07) is 10.3. The largest absolute Gasteiger partial charge is 0.384 e. The van der Waals surface area contributed by atoms with E-state index in [2.05, 4.69) is 30.5 Å². The number of anilines is 1. The highest BCUT2D eigenvalue weighted by Gasteiger charge is 2.14. The van der Waals surface area contributed by atoms with Crippen LogP contribution in [-0.4, -0.2) is 9.55 Å². The van der Waals surface area contributed by atoms with Crippen LogP contribution in [0.1, 0.15) is 38.8 Å². The number of aryl methyl sites for hydroxylation is 1. The fraction of sp³-hybridized carbons (Fsp3) is 0.438. The second-order valence-corrected chi connectivity index (χ2v) is 4.89. The molecule has 0 spiro atoms. The Bertz CT molecular complexity index is 514. The van der Waals surface area contributed by atoms with Crippen LogP contribution in [-0.2, 0) is 13.0 Å². The average molecular weight is 257 g/mol. The Labute approximate surface area is 115 Å². The molecule has 102 valence electrons. The Kier molecular flexibility index (Phi) is 4.61. The van der Waals surface area contributed by atoms with E-state index in [1.165, 1.54) is 6.42 Å². The third kappa shape index (κ3) is 2.98. The Balaban J connectivity index is 2.41. The first-order valence-electron chi connectivity index (χ1n) is 7.18. The summed E-state index contributed by atoms with van der Waals surface area (Å²) in [6.07, 6.45) is 4.34. The second-order valence-electron chi connectivity index (χ2n) is 4.89. The number of nitrogens with two attached hydrogens (primary N) is 1. The van der Waals surface area contributed by atoms with Crippen LogP contribution < -0.4 is 5.73 Å². The van der Waals surface area contributed by atoms with Crippen LogP contribution in [0.25, 0.3) is 11.4 Å². The highest BCUT2D eigenvalue weighted by Crippen LogP contribution is 2.25. The molecular formula is C16H23N3. The highest BCUT2D eigenvalue weighted by molar-refractivity contribution is 5.60. The maximum absolute atomic E-state index is 6.27. The highest BCUT2D eigenvalue weighted by atomic mass is 15.1. The van der Waals surface area contributed by atoms with E-state index in [1.54, 1.807) is 0 Å². The monoisotopic (exact) mass is 257 g/mol. The normalized spacial score (nSPS) is 10.8. The van der Waals surface area contributed by atoms with Gasteiger partial charge in [-0.2, -0.15) is 0 Å². The number of hydrogen-bond acceptors (Lipinski definition) is 2. The number of aromatic nitrogens is 2. The van der Waals surface area contributed by atoms with Gasteiger partial charge in [-0.25, -0.2) is 4.98 Å². The van der Waals surface area contributed by atoms with E-state index < -0.39 is 0 Å². The molecule has 3 heteroatoms. The van der Waals surface area contributed by atoms with Crippen LogP contribution in [0.3, 0.4) is 0 Å². The van der Waals surface area contributed by atoms with E-state index in [-0.39, 0.29) is 0 Å². The van der Waals surface area contributed by atoms with E-state index in [0.717, 1.165) is 48.7 Å². The molecule has 0 amide bonds. The van der Waals surface area contributed by atoms with E-state index >= 15 is 0 Å². The molecule has 2 rings (SSSR count). The zero-order chi connectivity index (χ0) is 13.7. The van der Waals surface area contributed by atoms with Crippen LogP contribution in [0.2, 0.25) is 0 Å². The second kappa shape index (κ2) is 6.41. The molecule has 0 atom stereocenters. The molecule has 1 heterocycles. The third-order valence-corrected chi connectivity index (χ3v) is 3.33. The van der Waals surface area contributed by atoms with Crippen molar-refractivity contribution < 1.29 is 0 Å². The summed E-state index contributed by atoms with van der Waals surface area (Å²) in [7, 11) is 0. The molecule has 0 aliphatic carbocycles. The summed E-state index contributed by atoms with van der Waals surface area (Å²) in [5.41, 5.74) is 8.46. The molecule has 0 saturated carbocycles. The zero-order valence-electron chi connectivity index (χ0n) is 11.9. The van der Waals surface area contributed by atoms with Crippen molar-refractivity contribution in [1.82, 2.24) is 9.55 Å². The minimum absolute atomic E-state index is 0.842. The number of imidazole rings is 1. The topological polar surface area (TPSA) is 43.8 Å². The van der Waals surface area contributed by atoms with Gasteiger partial charge in [0.25, 0.3) is 0 Å². The van der Waals surface area contributed by atoms with Gasteiger partial charge in [-0.1, -0.05) is 50.6 Å². The van der Waals surface area contributed by atoms with Crippen molar-refractivity contribution in [3.8, 4) is 11.4 Å². The Morgan fingerprint density at radius 3 is 2.47 bits per heavy atom. The maximum Gasteiger partial charge on any atom is 0.141 e. The van der Waals surface area contributed by atoms with Gasteiger partial charge in [0.05, 0.1) is 5.69 Å². The molecule has 0 saturated heterocycles. The summed E-state index contributed by atoms with van der Waals surface area (Å²) in [5, 5.41) is 0. The molecular weight excluding hydrogens is 234 g/mol. The van der Waals surface area contributed by atoms with E-state index in [9.17, 15) is 0 Å². The van der Waals surface area contributed by atoms with E-state index in [1.807, 2.05) is 18.2 Å². The fourth-order valence-corrected chi connectivity index (χ4v) is 2.30. The predicted molar refractivity (Wildman–Crippen MR) is 81.0 cm³/mol. The maximum atomic E-state index is 6.27. The Morgan fingerprint density at radius 1 is 1.11 bits per heavy atom. The van der Waals surface area contributed by atoms with Gasteiger partial charge >= 0.3 is 0 Å². The number of rotatable bonds is 6. The summed E-state index contributed by atoms with van der Waals surface area (Å²) in [4.78, 5) is 4.77. The molecule has 2 N–H and O–H groups in total. The van der Waals surface area contributed by atoms with Crippen LogP contribution in [0.4, 0.5) is 5.82 Å². The molecule has 0 aliphatic rings. The summed E-state index contributed by atoms with van der Waals surface area (Å²) >= 11 is 0. The SMILES string of the molecule is CCCCc1nc(-c2ccccc2)n(CCC)c1N. The van der Waals surface area contributed by atoms with Crippen molar-refractivity contribution in [2.75, 3.05) is 5.73 Å². The lowest BCUT2D eigenvalue weighted by Gasteiger charge is -2.08. The summed E-state index contributed by atoms with van der Waals surface area (Å²) in [6.45, 7) is 5.28. The van der Waals surface area contributed by atoms with Crippen molar-refractivity contribution in [3.05, 3.63) is 36.0 Å². The molecule has 1 aromatic heterocycles. The van der Waals surface area contributed by atoms with Gasteiger partial charge in [0.1, 0.15) is 11.6 Å². The predicted octanol–water partition coefficient (Wildman–Crippen LogP) is 3.88. The minimum Gasteiger partial charge on any atom is -0.384 e. The zero-order valence-corrected chi connectivity index (χ0v) is 11.9. The number of unbranched alkanes of at least 4 members (excludes halogenated alkanes) is 1. The smallest absolute Gasteiger partial charge is 0.141 e. The minimum atomic E-state index is 0.842. The van der Waals surface area contributed by atoms with E-state index in [0.29, 0.717) is 0 Å². The van der Waals surface area contributed by atoms with Crippen molar-refractivity contribution in [3.63, 3.8) is 0 Å². The Morgan fingerprint density at radius 2 is 1.84 bits per heavy atom. The van der Waals surface area contributed by atoms with Crippen molar-refractivity contribution in [1.29, 1.82) is 0 Å². The van der Waals surface area contributed by atoms with Gasteiger partial charge in [-0.05, 0) is 19.3 Å². The summed E-state index contributed by atoms with van der Waals surface area (Å²) < 4.78 is 2.15. The van der Waals surface area contributed by atoms with Gasteiger partial charge in [-0.3, -0.25) is 0 Å². The van der Waals surface area contributed by atoms with Crippen LogP contribution in [0, 0.1) is 0 Å². The molecule has 0 fully saturated rings. The molecule has 3 nitrogen and oxygen atoms in total. The van der Waals surface area contributed by atoms with Gasteiger partial charge in [0.15, 0.2) is 0 Å². The third-order valence-electron chi connectivity index (χ3n) is 3.33. The van der Waals surface area contributed by atoms with Gasteiger partial charge in [-0.15, -0.1) is 0 Å². The van der Waals surface area contributed by atoms with Gasteiger partial charge < -0.3 is 10.3 Å². The lowest BCUT2D eigenvalue weighted by molar-refractivity contribution is 0.692. The molecule has 2 aromatic rings. The average Bonchev–Trinajstić information content (AvgIpc) is 2.75. The van der Waals surface area contributed by atoms with Crippen LogP contribution >= 0.6 is 0 Å². The van der Waals surface area contributed by atoms with Crippen molar-refractivity contribution >= 4 is 5.82 Å². The lowest BCUT2D eigenvalue weighted by Crippen LogP contribution is -2.05. The molecule has 0 aliphatic heterocycles. The molecule has 0 radical (unpaired) electrons. The number of nitrogen functional groups attached to an aromatic ring is 1. The number of benzene rings is 1. The quantitative estimate of drug-likeness (QED) is 0.853. The first-order chi connectivity index (χ1) is 9.27. The molecule has 0 unspecified atom stereocenters. The van der Waals surface area contributed by atoms with Crippen molar-refractivity contribution in [2.24, 2.45) is 0 Å². The standard InChI is InChI=1S/C16H23N3/c1-3-5-11-14-15(17)19(12-4-2)16(18-14)13-9-7-6-8-10-13/h6-10H,3-5,11-12,17H2,1-2H3. The molecule has 0 bridgehead atoms. The Hall–Kier alpha value is -1.77. The van der Waals surface area contributed by atoms with Crippen molar-refractivity contribution in [2.45, 2.75) is 46.1 Å². The fourth-order valence-electron chi connectivity index (χ4n) is 2.30. The van der Waals surface area contributed by atoms with Crippen LogP contribution in [0.5, 0.6) is 0 Å². The van der Waals surface area contributed by atoms with E-state index in [4.69, 9.17) is 10.7 Å². The molecule has 19 heavy (non-hydrogen) atoms. The number of hydrogen-bond donors (Lipinski definition) is 1. The van der Waals surface area contributed by atoms with Gasteiger partial charge in [0.2, 0.25) is 0 Å². The number of nitrogens with zero attached hydrogens (tertiary/aromatic N) is 2. The molecule has 1 aromatic carbocycles. The lowest BCUT2D eigenvalue weighted by atomic mass is 10.2. The van der Waals surface area contributed by atoms with Gasteiger partial charge in [0, 0.05) is 12.1 Å². The van der Waals surface area contributed by atoms with Crippen LogP contribution in [0.15, 0.2) is 30.3 Å². The summed E-state index contributed by atoms with van der Waals surface area (Å²) in [5.74, 6) is 1.85.